The van der Waals surface area contributed by atoms with E-state index in [-0.39, 0.29) is 24.7 Å². The van der Waals surface area contributed by atoms with E-state index in [0.29, 0.717) is 12.1 Å². The minimum Gasteiger partial charge on any atom is -0.494 e. The second kappa shape index (κ2) is 12.2. The molecule has 16 heteroatoms. The molecule has 0 saturated carbocycles. The van der Waals surface area contributed by atoms with Crippen molar-refractivity contribution in [3.8, 4) is 11.5 Å². The maximum Gasteiger partial charge on any atom is 0.411 e. The van der Waals surface area contributed by atoms with Crippen LogP contribution in [0, 0.1) is 0 Å². The second-order valence-electron chi connectivity index (χ2n) is 7.69. The Morgan fingerprint density at radius 1 is 0.615 bits per heavy atom. The number of hydrogen-bond donors (Lipinski definition) is 0. The summed E-state index contributed by atoms with van der Waals surface area (Å²) in [4.78, 5) is 0. The summed E-state index contributed by atoms with van der Waals surface area (Å²) in [6, 6.07) is 4.08. The smallest absolute Gasteiger partial charge is 0.411 e. The lowest BCUT2D eigenvalue weighted by molar-refractivity contribution is -0.288. The summed E-state index contributed by atoms with van der Waals surface area (Å²) in [5.74, 6) is -0.398. The molecule has 0 aliphatic heterocycles. The topological polar surface area (TPSA) is 89.5 Å². The number of ether oxygens (including phenoxy) is 2. The summed E-state index contributed by atoms with van der Waals surface area (Å²) in [7, 11) is -6.40. The average molecular weight is 608 g/mol. The third-order valence-corrected chi connectivity index (χ3v) is 9.61. The van der Waals surface area contributed by atoms with Crippen LogP contribution < -0.4 is 20.1 Å². The monoisotopic (exact) mass is 608 g/mol. The molecule has 0 aliphatic rings. The van der Waals surface area contributed by atoms with Gasteiger partial charge in [0.1, 0.15) is 11.5 Å². The summed E-state index contributed by atoms with van der Waals surface area (Å²) in [5.41, 5.74) is -8.05. The molecule has 0 aliphatic carbocycles. The summed E-state index contributed by atoms with van der Waals surface area (Å²) in [5, 5.41) is -2.14. The highest BCUT2D eigenvalue weighted by Gasteiger charge is 2.74. The van der Waals surface area contributed by atoms with Crippen LogP contribution in [-0.4, -0.2) is 54.0 Å². The molecule has 0 saturated heterocycles. The second-order valence-corrected chi connectivity index (χ2v) is 12.1. The Kier molecular flexibility index (Phi) is 10.4. The van der Waals surface area contributed by atoms with Crippen LogP contribution in [-0.2, 0) is 32.6 Å². The summed E-state index contributed by atoms with van der Waals surface area (Å²) >= 11 is 0. The van der Waals surface area contributed by atoms with Crippen molar-refractivity contribution in [3.63, 3.8) is 0 Å². The van der Waals surface area contributed by atoms with E-state index in [0.717, 1.165) is 52.7 Å². The van der Waals surface area contributed by atoms with Gasteiger partial charge in [0, 0.05) is 28.4 Å². The normalized spacial score (nSPS) is 13.4. The zero-order valence-corrected chi connectivity index (χ0v) is 23.6. The Hall–Kier alpha value is -2.08. The van der Waals surface area contributed by atoms with Gasteiger partial charge in [0.25, 0.3) is 0 Å². The van der Waals surface area contributed by atoms with Crippen LogP contribution in [0.25, 0.3) is 0 Å². The minimum atomic E-state index is -6.17. The van der Waals surface area contributed by atoms with Gasteiger partial charge < -0.3 is 27.6 Å². The molecule has 0 radical (unpaired) electrons. The van der Waals surface area contributed by atoms with E-state index >= 15 is 26.3 Å². The van der Waals surface area contributed by atoms with Gasteiger partial charge in [-0.05, 0) is 49.2 Å². The van der Waals surface area contributed by atoms with Crippen molar-refractivity contribution in [3.05, 3.63) is 47.5 Å². The molecule has 0 heterocycles. The van der Waals surface area contributed by atoms with Gasteiger partial charge in [0.15, 0.2) is 0 Å². The highest BCUT2D eigenvalue weighted by Crippen LogP contribution is 2.61. The quantitative estimate of drug-likeness (QED) is 0.211. The first-order valence-corrected chi connectivity index (χ1v) is 14.3. The predicted octanol–water partition coefficient (Wildman–Crippen LogP) is 6.12. The van der Waals surface area contributed by atoms with Gasteiger partial charge >= 0.3 is 27.5 Å². The van der Waals surface area contributed by atoms with Crippen molar-refractivity contribution in [2.24, 2.45) is 0 Å². The lowest BCUT2D eigenvalue weighted by atomic mass is 9.72. The van der Waals surface area contributed by atoms with Gasteiger partial charge in [0.2, 0.25) is 5.41 Å². The number of halogens is 6. The minimum absolute atomic E-state index is 0.0133. The van der Waals surface area contributed by atoms with Crippen LogP contribution >= 0.6 is 15.2 Å². The van der Waals surface area contributed by atoms with Gasteiger partial charge in [-0.15, -0.1) is 0 Å². The molecule has 2 aromatic carbocycles. The predicted molar refractivity (Wildman–Crippen MR) is 131 cm³/mol. The Morgan fingerprint density at radius 2 is 0.923 bits per heavy atom. The Labute approximate surface area is 221 Å². The molecule has 8 nitrogen and oxygen atoms in total. The largest absolute Gasteiger partial charge is 0.494 e. The van der Waals surface area contributed by atoms with Crippen LogP contribution in [0.15, 0.2) is 36.4 Å². The molecular formula is C23H28F6O8P2. The standard InChI is InChI=1S/C23H28F6O8P2/c1-7-36-15-9-11-17(19(13-15)38(30,32-3)33-4)21(22(24,25)26,23(27,28)29)18-12-10-16(37-8-2)14-20(18)39(31,34-5)35-6/h9-14H,7-8H2,1-6H3. The van der Waals surface area contributed by atoms with Crippen LogP contribution in [0.4, 0.5) is 26.3 Å². The van der Waals surface area contributed by atoms with Crippen molar-refractivity contribution in [1.82, 2.24) is 0 Å². The van der Waals surface area contributed by atoms with Crippen LogP contribution in [0.5, 0.6) is 11.5 Å². The highest BCUT2D eigenvalue weighted by molar-refractivity contribution is 7.62. The van der Waals surface area contributed by atoms with Gasteiger partial charge in [0.05, 0.1) is 23.8 Å². The van der Waals surface area contributed by atoms with Gasteiger partial charge in [-0.25, -0.2) is 0 Å². The van der Waals surface area contributed by atoms with Crippen LogP contribution in [0.1, 0.15) is 25.0 Å². The maximum absolute atomic E-state index is 15.2. The zero-order valence-electron chi connectivity index (χ0n) is 21.8. The number of hydrogen-bond acceptors (Lipinski definition) is 8. The van der Waals surface area contributed by atoms with Crippen molar-refractivity contribution >= 4 is 25.8 Å². The fourth-order valence-electron chi connectivity index (χ4n) is 4.08. The molecule has 0 fully saturated rings. The van der Waals surface area contributed by atoms with Crippen molar-refractivity contribution in [1.29, 1.82) is 0 Å². The van der Waals surface area contributed by atoms with Crippen LogP contribution in [0.2, 0.25) is 0 Å². The molecule has 0 N–H and O–H groups in total. The first-order valence-electron chi connectivity index (χ1n) is 11.2. The molecule has 0 unspecified atom stereocenters. The summed E-state index contributed by atoms with van der Waals surface area (Å²) in [6.07, 6.45) is -12.3. The van der Waals surface area contributed by atoms with E-state index in [9.17, 15) is 9.13 Å². The highest BCUT2D eigenvalue weighted by atomic mass is 31.2. The molecule has 2 rings (SSSR count). The van der Waals surface area contributed by atoms with E-state index in [4.69, 9.17) is 27.6 Å². The van der Waals surface area contributed by atoms with Gasteiger partial charge in [-0.3, -0.25) is 9.13 Å². The lowest BCUT2D eigenvalue weighted by Gasteiger charge is -2.41. The van der Waals surface area contributed by atoms with Gasteiger partial charge in [-0.2, -0.15) is 26.3 Å². The Morgan fingerprint density at radius 3 is 1.15 bits per heavy atom. The fraction of sp³-hybridized carbons (Fsp3) is 0.478. The maximum atomic E-state index is 15.2. The number of benzene rings is 2. The third kappa shape index (κ3) is 5.87. The summed E-state index contributed by atoms with van der Waals surface area (Å²) < 4.78 is 148. The molecule has 0 aromatic heterocycles. The van der Waals surface area contributed by atoms with Gasteiger partial charge in [-0.1, -0.05) is 12.1 Å². The molecule has 0 amide bonds. The summed E-state index contributed by atoms with van der Waals surface area (Å²) in [6.45, 7) is 3.02. The first-order chi connectivity index (χ1) is 18.1. The van der Waals surface area contributed by atoms with E-state index in [1.807, 2.05) is 0 Å². The lowest BCUT2D eigenvalue weighted by Crippen LogP contribution is -2.58. The average Bonchev–Trinajstić information content (AvgIpc) is 2.88. The molecule has 0 atom stereocenters. The number of rotatable bonds is 12. The van der Waals surface area contributed by atoms with Crippen molar-refractivity contribution < 1.29 is 63.0 Å². The molecule has 0 spiro atoms. The van der Waals surface area contributed by atoms with Crippen molar-refractivity contribution in [2.45, 2.75) is 31.6 Å². The van der Waals surface area contributed by atoms with E-state index in [1.165, 1.54) is 13.8 Å². The van der Waals surface area contributed by atoms with E-state index < -0.39 is 54.7 Å². The zero-order chi connectivity index (χ0) is 29.9. The molecular weight excluding hydrogens is 580 g/mol. The molecule has 220 valence electrons. The fourth-order valence-corrected chi connectivity index (χ4v) is 6.81. The van der Waals surface area contributed by atoms with Crippen LogP contribution in [0.3, 0.4) is 0 Å². The molecule has 0 bridgehead atoms. The molecule has 2 aromatic rings. The van der Waals surface area contributed by atoms with E-state index in [2.05, 4.69) is 0 Å². The third-order valence-electron chi connectivity index (χ3n) is 5.77. The Bertz CT molecular complexity index is 1140. The Balaban J connectivity index is 3.32. The molecule has 39 heavy (non-hydrogen) atoms. The van der Waals surface area contributed by atoms with Crippen molar-refractivity contribution in [2.75, 3.05) is 41.7 Å². The first kappa shape index (κ1) is 33.1. The SMILES string of the molecule is CCOc1ccc(C(c2ccc(OCC)cc2P(=O)(OC)OC)(C(F)(F)F)C(F)(F)F)c(P(=O)(OC)OC)c1. The van der Waals surface area contributed by atoms with E-state index in [1.54, 1.807) is 0 Å². The number of alkyl halides is 6.